The minimum absolute atomic E-state index is 0.342. The molecular weight excluding hydrogens is 346 g/mol. The molecular formula is C21H34ClN3O. The summed E-state index contributed by atoms with van der Waals surface area (Å²) in [7, 11) is 0. The molecule has 5 heteroatoms. The number of nitrogens with one attached hydrogen (secondary N) is 1. The zero-order chi connectivity index (χ0) is 18.7. The number of piperidine rings is 1. The van der Waals surface area contributed by atoms with Crippen LogP contribution in [0.5, 0.6) is 0 Å². The van der Waals surface area contributed by atoms with Crippen molar-refractivity contribution < 1.29 is 4.74 Å². The fourth-order valence-corrected chi connectivity index (χ4v) is 4.71. The van der Waals surface area contributed by atoms with E-state index in [1.165, 1.54) is 25.7 Å². The summed E-state index contributed by atoms with van der Waals surface area (Å²) in [4.78, 5) is 2.71. The van der Waals surface area contributed by atoms with Crippen LogP contribution in [0.15, 0.2) is 12.1 Å². The zero-order valence-corrected chi connectivity index (χ0v) is 17.2. The Hall–Kier alpha value is -0.970. The summed E-state index contributed by atoms with van der Waals surface area (Å²) >= 11 is 6.16. The van der Waals surface area contributed by atoms with Crippen molar-refractivity contribution in [3.63, 3.8) is 0 Å². The molecule has 0 spiro atoms. The second kappa shape index (κ2) is 8.37. The molecule has 2 aliphatic rings. The van der Waals surface area contributed by atoms with Gasteiger partial charge in [0.2, 0.25) is 0 Å². The molecule has 1 saturated carbocycles. The van der Waals surface area contributed by atoms with E-state index in [2.05, 4.69) is 30.1 Å². The minimum atomic E-state index is 0.342. The van der Waals surface area contributed by atoms with Crippen molar-refractivity contribution in [1.82, 2.24) is 4.90 Å². The molecule has 0 bridgehead atoms. The average Bonchev–Trinajstić information content (AvgIpc) is 2.62. The van der Waals surface area contributed by atoms with Gasteiger partial charge < -0.3 is 15.8 Å². The molecule has 2 fully saturated rings. The standard InChI is InChI=1S/C21H34ClN3O/c1-4-26-17-5-9-21(3,10-6-17)25-11-7-16(8-12-25)24-20-13-15(2)18(22)14-19(20)23/h13-14,16-17,24H,4-12,23H2,1-3H3. The summed E-state index contributed by atoms with van der Waals surface area (Å²) in [6.45, 7) is 9.71. The van der Waals surface area contributed by atoms with Gasteiger partial charge in [-0.3, -0.25) is 4.90 Å². The molecule has 146 valence electrons. The van der Waals surface area contributed by atoms with E-state index in [1.54, 1.807) is 0 Å². The Labute approximate surface area is 163 Å². The molecule has 1 aromatic carbocycles. The van der Waals surface area contributed by atoms with Gasteiger partial charge >= 0.3 is 0 Å². The zero-order valence-electron chi connectivity index (χ0n) is 16.5. The molecule has 1 aromatic rings. The molecule has 0 unspecified atom stereocenters. The van der Waals surface area contributed by atoms with Gasteiger partial charge in [-0.2, -0.15) is 0 Å². The number of rotatable bonds is 5. The quantitative estimate of drug-likeness (QED) is 0.718. The first kappa shape index (κ1) is 19.8. The normalized spacial score (nSPS) is 28.2. The van der Waals surface area contributed by atoms with Crippen LogP contribution in [0, 0.1) is 6.92 Å². The third-order valence-corrected chi connectivity index (χ3v) is 6.77. The molecule has 3 rings (SSSR count). The van der Waals surface area contributed by atoms with Crippen molar-refractivity contribution in [1.29, 1.82) is 0 Å². The van der Waals surface area contributed by atoms with E-state index in [1.807, 2.05) is 13.0 Å². The maximum absolute atomic E-state index is 6.16. The third-order valence-electron chi connectivity index (χ3n) is 6.36. The Bertz CT molecular complexity index is 606. The Morgan fingerprint density at radius 3 is 2.50 bits per heavy atom. The molecule has 0 radical (unpaired) electrons. The van der Waals surface area contributed by atoms with E-state index >= 15 is 0 Å². The molecule has 3 N–H and O–H groups in total. The van der Waals surface area contributed by atoms with Gasteiger partial charge in [-0.05, 0) is 77.0 Å². The lowest BCUT2D eigenvalue weighted by Crippen LogP contribution is -2.53. The van der Waals surface area contributed by atoms with Crippen molar-refractivity contribution in [3.05, 3.63) is 22.7 Å². The van der Waals surface area contributed by atoms with Crippen LogP contribution in [-0.4, -0.2) is 42.3 Å². The highest BCUT2D eigenvalue weighted by molar-refractivity contribution is 6.31. The summed E-state index contributed by atoms with van der Waals surface area (Å²) in [6.07, 6.45) is 7.69. The Morgan fingerprint density at radius 1 is 1.23 bits per heavy atom. The van der Waals surface area contributed by atoms with Crippen molar-refractivity contribution >= 4 is 23.0 Å². The van der Waals surface area contributed by atoms with Gasteiger partial charge in [0.05, 0.1) is 17.5 Å². The molecule has 1 saturated heterocycles. The highest BCUT2D eigenvalue weighted by atomic mass is 35.5. The molecule has 0 amide bonds. The van der Waals surface area contributed by atoms with Crippen molar-refractivity contribution in [2.75, 3.05) is 30.7 Å². The van der Waals surface area contributed by atoms with E-state index in [9.17, 15) is 0 Å². The van der Waals surface area contributed by atoms with E-state index < -0.39 is 0 Å². The first-order chi connectivity index (χ1) is 12.4. The number of halogens is 1. The van der Waals surface area contributed by atoms with Crippen LogP contribution in [-0.2, 0) is 4.74 Å². The number of nitrogens with zero attached hydrogens (tertiary/aromatic N) is 1. The smallest absolute Gasteiger partial charge is 0.0579 e. The number of nitrogen functional groups attached to an aromatic ring is 1. The number of hydrogen-bond acceptors (Lipinski definition) is 4. The van der Waals surface area contributed by atoms with Crippen LogP contribution >= 0.6 is 11.6 Å². The molecule has 1 heterocycles. The second-order valence-corrected chi connectivity index (χ2v) is 8.65. The second-order valence-electron chi connectivity index (χ2n) is 8.25. The van der Waals surface area contributed by atoms with Gasteiger partial charge in [-0.25, -0.2) is 0 Å². The number of benzene rings is 1. The van der Waals surface area contributed by atoms with E-state index in [0.29, 0.717) is 17.7 Å². The maximum atomic E-state index is 6.16. The SMILES string of the molecule is CCOC1CCC(C)(N2CCC(Nc3cc(C)c(Cl)cc3N)CC2)CC1. The number of ether oxygens (including phenoxy) is 1. The van der Waals surface area contributed by atoms with E-state index in [4.69, 9.17) is 22.1 Å². The molecule has 26 heavy (non-hydrogen) atoms. The van der Waals surface area contributed by atoms with Gasteiger partial charge in [-0.15, -0.1) is 0 Å². The molecule has 1 aliphatic heterocycles. The van der Waals surface area contributed by atoms with Crippen LogP contribution in [0.3, 0.4) is 0 Å². The molecule has 1 aliphatic carbocycles. The van der Waals surface area contributed by atoms with Crippen LogP contribution in [0.25, 0.3) is 0 Å². The summed E-state index contributed by atoms with van der Waals surface area (Å²) < 4.78 is 5.83. The average molecular weight is 380 g/mol. The lowest BCUT2D eigenvalue weighted by atomic mass is 9.79. The summed E-state index contributed by atoms with van der Waals surface area (Å²) in [5.41, 5.74) is 9.31. The van der Waals surface area contributed by atoms with Gasteiger partial charge in [0.15, 0.2) is 0 Å². The van der Waals surface area contributed by atoms with Crippen LogP contribution in [0.4, 0.5) is 11.4 Å². The van der Waals surface area contributed by atoms with Gasteiger partial charge in [0.25, 0.3) is 0 Å². The predicted octanol–water partition coefficient (Wildman–Crippen LogP) is 4.84. The van der Waals surface area contributed by atoms with Gasteiger partial charge in [0, 0.05) is 36.3 Å². The fraction of sp³-hybridized carbons (Fsp3) is 0.714. The topological polar surface area (TPSA) is 50.5 Å². The highest BCUT2D eigenvalue weighted by Gasteiger charge is 2.38. The number of anilines is 2. The minimum Gasteiger partial charge on any atom is -0.397 e. The molecule has 4 nitrogen and oxygen atoms in total. The number of nitrogens with two attached hydrogens (primary N) is 1. The first-order valence-corrected chi connectivity index (χ1v) is 10.5. The molecule has 0 atom stereocenters. The summed E-state index contributed by atoms with van der Waals surface area (Å²) in [5.74, 6) is 0. The Kier molecular flexibility index (Phi) is 6.37. The lowest BCUT2D eigenvalue weighted by molar-refractivity contribution is -0.0242. The summed E-state index contributed by atoms with van der Waals surface area (Å²) in [5, 5.41) is 4.38. The number of hydrogen-bond donors (Lipinski definition) is 2. The van der Waals surface area contributed by atoms with Gasteiger partial charge in [0.1, 0.15) is 0 Å². The van der Waals surface area contributed by atoms with Gasteiger partial charge in [-0.1, -0.05) is 11.6 Å². The van der Waals surface area contributed by atoms with Crippen LogP contribution < -0.4 is 11.1 Å². The lowest BCUT2D eigenvalue weighted by Gasteiger charge is -2.48. The van der Waals surface area contributed by atoms with E-state index in [0.717, 1.165) is 54.5 Å². The first-order valence-electron chi connectivity index (χ1n) is 10.1. The highest BCUT2D eigenvalue weighted by Crippen LogP contribution is 2.37. The fourth-order valence-electron chi connectivity index (χ4n) is 4.54. The Morgan fingerprint density at radius 2 is 1.88 bits per heavy atom. The monoisotopic (exact) mass is 379 g/mol. The number of likely N-dealkylation sites (tertiary alicyclic amines) is 1. The summed E-state index contributed by atoms with van der Waals surface area (Å²) in [6, 6.07) is 4.41. The van der Waals surface area contributed by atoms with Crippen LogP contribution in [0.1, 0.15) is 57.9 Å². The van der Waals surface area contributed by atoms with Crippen molar-refractivity contribution in [3.8, 4) is 0 Å². The Balaban J connectivity index is 1.52. The largest absolute Gasteiger partial charge is 0.397 e. The number of aryl methyl sites for hydroxylation is 1. The van der Waals surface area contributed by atoms with Crippen molar-refractivity contribution in [2.45, 2.75) is 77.0 Å². The van der Waals surface area contributed by atoms with E-state index in [-0.39, 0.29) is 0 Å². The van der Waals surface area contributed by atoms with Crippen LogP contribution in [0.2, 0.25) is 5.02 Å². The molecule has 0 aromatic heterocycles. The predicted molar refractivity (Wildman–Crippen MR) is 111 cm³/mol. The maximum Gasteiger partial charge on any atom is 0.0579 e. The van der Waals surface area contributed by atoms with Crippen molar-refractivity contribution in [2.24, 2.45) is 0 Å². The third kappa shape index (κ3) is 4.47.